The van der Waals surface area contributed by atoms with E-state index in [9.17, 15) is 9.59 Å². The van der Waals surface area contributed by atoms with Gasteiger partial charge in [-0.15, -0.1) is 0 Å². The molecule has 1 rings (SSSR count). The predicted molar refractivity (Wildman–Crippen MR) is 60.4 cm³/mol. The highest BCUT2D eigenvalue weighted by Gasteiger charge is 2.13. The van der Waals surface area contributed by atoms with Crippen LogP contribution in [-0.4, -0.2) is 23.0 Å². The zero-order valence-corrected chi connectivity index (χ0v) is 9.49. The number of hydrogen-bond acceptors (Lipinski definition) is 2. The van der Waals surface area contributed by atoms with Gasteiger partial charge in [-0.25, -0.2) is 0 Å². The van der Waals surface area contributed by atoms with Gasteiger partial charge in [0, 0.05) is 5.02 Å². The Labute approximate surface area is 98.2 Å². The molecule has 1 amide bonds. The van der Waals surface area contributed by atoms with Crippen LogP contribution >= 0.6 is 11.6 Å². The van der Waals surface area contributed by atoms with Crippen molar-refractivity contribution in [2.75, 3.05) is 0 Å². The van der Waals surface area contributed by atoms with Crippen LogP contribution in [-0.2, 0) is 16.0 Å². The number of rotatable bonds is 4. The van der Waals surface area contributed by atoms with Crippen molar-refractivity contribution in [1.29, 1.82) is 0 Å². The van der Waals surface area contributed by atoms with E-state index in [1.54, 1.807) is 24.3 Å². The second-order valence-corrected chi connectivity index (χ2v) is 3.87. The number of carboxylic acid groups (broad SMARTS) is 1. The molecule has 0 aliphatic carbocycles. The molecule has 86 valence electrons. The Hall–Kier alpha value is -1.55. The van der Waals surface area contributed by atoms with Gasteiger partial charge in [-0.05, 0) is 24.6 Å². The third-order valence-electron chi connectivity index (χ3n) is 2.03. The van der Waals surface area contributed by atoms with Gasteiger partial charge in [0.1, 0.15) is 6.04 Å². The summed E-state index contributed by atoms with van der Waals surface area (Å²) in [6.45, 7) is 1.42. The Morgan fingerprint density at radius 3 is 2.44 bits per heavy atom. The van der Waals surface area contributed by atoms with E-state index in [4.69, 9.17) is 16.7 Å². The molecule has 0 fully saturated rings. The summed E-state index contributed by atoms with van der Waals surface area (Å²) < 4.78 is 0. The lowest BCUT2D eigenvalue weighted by molar-refractivity contribution is -0.141. The standard InChI is InChI=1S/C11H12ClNO3/c1-7(11(15)16)13-10(14)6-8-2-4-9(12)5-3-8/h2-5,7H,6H2,1H3,(H,13,14)(H,15,16)/t7-/m1/s1. The van der Waals surface area contributed by atoms with Gasteiger partial charge in [0.05, 0.1) is 6.42 Å². The Morgan fingerprint density at radius 1 is 1.38 bits per heavy atom. The summed E-state index contributed by atoms with van der Waals surface area (Å²) in [5, 5.41) is 11.6. The summed E-state index contributed by atoms with van der Waals surface area (Å²) in [7, 11) is 0. The topological polar surface area (TPSA) is 66.4 Å². The minimum Gasteiger partial charge on any atom is -0.480 e. The summed E-state index contributed by atoms with van der Waals surface area (Å²) in [6, 6.07) is 5.95. The molecule has 1 aromatic carbocycles. The van der Waals surface area contributed by atoms with Gasteiger partial charge in [-0.2, -0.15) is 0 Å². The molecule has 0 bridgehead atoms. The molecule has 0 aliphatic rings. The second kappa shape index (κ2) is 5.51. The number of nitrogens with one attached hydrogen (secondary N) is 1. The highest BCUT2D eigenvalue weighted by molar-refractivity contribution is 6.30. The summed E-state index contributed by atoms with van der Waals surface area (Å²) in [5.74, 6) is -1.37. The van der Waals surface area contributed by atoms with Crippen LogP contribution in [0, 0.1) is 0 Å². The van der Waals surface area contributed by atoms with Crippen molar-refractivity contribution in [3.05, 3.63) is 34.9 Å². The molecule has 16 heavy (non-hydrogen) atoms. The van der Waals surface area contributed by atoms with E-state index in [0.717, 1.165) is 5.56 Å². The average molecular weight is 242 g/mol. The fourth-order valence-corrected chi connectivity index (χ4v) is 1.27. The van der Waals surface area contributed by atoms with E-state index in [0.29, 0.717) is 5.02 Å². The molecule has 1 atom stereocenters. The van der Waals surface area contributed by atoms with Crippen LogP contribution in [0.5, 0.6) is 0 Å². The zero-order valence-electron chi connectivity index (χ0n) is 8.74. The number of carbonyl (C=O) groups is 2. The first-order chi connectivity index (χ1) is 7.49. The van der Waals surface area contributed by atoms with E-state index in [1.165, 1.54) is 6.92 Å². The SMILES string of the molecule is C[C@@H](NC(=O)Cc1ccc(Cl)cc1)C(=O)O. The minimum atomic E-state index is -1.05. The van der Waals surface area contributed by atoms with Gasteiger partial charge in [-0.1, -0.05) is 23.7 Å². The van der Waals surface area contributed by atoms with Gasteiger partial charge in [-0.3, -0.25) is 9.59 Å². The lowest BCUT2D eigenvalue weighted by atomic mass is 10.1. The van der Waals surface area contributed by atoms with E-state index < -0.39 is 12.0 Å². The number of hydrogen-bond donors (Lipinski definition) is 2. The monoisotopic (exact) mass is 241 g/mol. The van der Waals surface area contributed by atoms with Crippen molar-refractivity contribution in [3.8, 4) is 0 Å². The minimum absolute atomic E-state index is 0.148. The highest BCUT2D eigenvalue weighted by atomic mass is 35.5. The fourth-order valence-electron chi connectivity index (χ4n) is 1.14. The van der Waals surface area contributed by atoms with Crippen molar-refractivity contribution >= 4 is 23.5 Å². The molecule has 4 nitrogen and oxygen atoms in total. The van der Waals surface area contributed by atoms with Gasteiger partial charge in [0.2, 0.25) is 5.91 Å². The molecule has 0 aromatic heterocycles. The van der Waals surface area contributed by atoms with Crippen molar-refractivity contribution < 1.29 is 14.7 Å². The molecule has 0 saturated heterocycles. The van der Waals surface area contributed by atoms with Gasteiger partial charge in [0.25, 0.3) is 0 Å². The van der Waals surface area contributed by atoms with Gasteiger partial charge >= 0.3 is 5.97 Å². The van der Waals surface area contributed by atoms with Crippen LogP contribution in [0.15, 0.2) is 24.3 Å². The molecule has 5 heteroatoms. The van der Waals surface area contributed by atoms with E-state index >= 15 is 0 Å². The van der Waals surface area contributed by atoms with Crippen molar-refractivity contribution in [3.63, 3.8) is 0 Å². The molecule has 2 N–H and O–H groups in total. The smallest absolute Gasteiger partial charge is 0.325 e. The molecule has 0 unspecified atom stereocenters. The summed E-state index contributed by atoms with van der Waals surface area (Å²) in [4.78, 5) is 21.9. The molecule has 0 saturated carbocycles. The van der Waals surface area contributed by atoms with Crippen LogP contribution in [0.3, 0.4) is 0 Å². The third-order valence-corrected chi connectivity index (χ3v) is 2.28. The number of carbonyl (C=O) groups excluding carboxylic acids is 1. The van der Waals surface area contributed by atoms with Gasteiger partial charge < -0.3 is 10.4 Å². The molecule has 0 aliphatic heterocycles. The molecule has 0 heterocycles. The number of amides is 1. The normalized spacial score (nSPS) is 11.9. The van der Waals surface area contributed by atoms with Crippen molar-refractivity contribution in [2.24, 2.45) is 0 Å². The van der Waals surface area contributed by atoms with Crippen LogP contribution in [0.25, 0.3) is 0 Å². The predicted octanol–water partition coefficient (Wildman–Crippen LogP) is 1.47. The van der Waals surface area contributed by atoms with Crippen LogP contribution < -0.4 is 5.32 Å². The Bertz CT molecular complexity index is 389. The Kier molecular flexibility index (Phi) is 4.31. The summed E-state index contributed by atoms with van der Waals surface area (Å²) in [6.07, 6.45) is 0.148. The lowest BCUT2D eigenvalue weighted by Gasteiger charge is -2.08. The zero-order chi connectivity index (χ0) is 12.1. The number of aliphatic carboxylic acids is 1. The van der Waals surface area contributed by atoms with E-state index in [2.05, 4.69) is 5.32 Å². The van der Waals surface area contributed by atoms with Crippen molar-refractivity contribution in [2.45, 2.75) is 19.4 Å². The van der Waals surface area contributed by atoms with E-state index in [-0.39, 0.29) is 12.3 Å². The maximum absolute atomic E-state index is 11.4. The first kappa shape index (κ1) is 12.5. The first-order valence-corrected chi connectivity index (χ1v) is 5.13. The Balaban J connectivity index is 2.52. The highest BCUT2D eigenvalue weighted by Crippen LogP contribution is 2.09. The third kappa shape index (κ3) is 3.90. The maximum Gasteiger partial charge on any atom is 0.325 e. The first-order valence-electron chi connectivity index (χ1n) is 4.75. The van der Waals surface area contributed by atoms with Crippen LogP contribution in [0.4, 0.5) is 0 Å². The van der Waals surface area contributed by atoms with Crippen molar-refractivity contribution in [1.82, 2.24) is 5.32 Å². The fraction of sp³-hybridized carbons (Fsp3) is 0.273. The molecule has 0 radical (unpaired) electrons. The Morgan fingerprint density at radius 2 is 1.94 bits per heavy atom. The molecular weight excluding hydrogens is 230 g/mol. The summed E-state index contributed by atoms with van der Waals surface area (Å²) >= 11 is 5.70. The van der Waals surface area contributed by atoms with E-state index in [1.807, 2.05) is 0 Å². The number of carboxylic acids is 1. The van der Waals surface area contributed by atoms with Crippen LogP contribution in [0.2, 0.25) is 5.02 Å². The average Bonchev–Trinajstić information content (AvgIpc) is 2.21. The maximum atomic E-state index is 11.4. The number of halogens is 1. The quantitative estimate of drug-likeness (QED) is 0.839. The number of benzene rings is 1. The second-order valence-electron chi connectivity index (χ2n) is 3.43. The van der Waals surface area contributed by atoms with Gasteiger partial charge in [0.15, 0.2) is 0 Å². The molecule has 0 spiro atoms. The molecule has 1 aromatic rings. The molecular formula is C11H12ClNO3. The lowest BCUT2D eigenvalue weighted by Crippen LogP contribution is -2.39. The largest absolute Gasteiger partial charge is 0.480 e. The van der Waals surface area contributed by atoms with Crippen LogP contribution in [0.1, 0.15) is 12.5 Å². The summed E-state index contributed by atoms with van der Waals surface area (Å²) in [5.41, 5.74) is 0.791.